The number of hydrogen-bond acceptors (Lipinski definition) is 7. The summed E-state index contributed by atoms with van der Waals surface area (Å²) in [5, 5.41) is 23.6. The second kappa shape index (κ2) is 11.2. The van der Waals surface area contributed by atoms with Crippen LogP contribution in [0.4, 0.5) is 11.6 Å². The fourth-order valence-electron chi connectivity index (χ4n) is 4.85. The van der Waals surface area contributed by atoms with E-state index in [1.165, 1.54) is 12.4 Å². The van der Waals surface area contributed by atoms with Crippen molar-refractivity contribution in [1.82, 2.24) is 14.5 Å². The summed E-state index contributed by atoms with van der Waals surface area (Å²) in [6.45, 7) is 6.57. The van der Waals surface area contributed by atoms with Gasteiger partial charge in [-0.2, -0.15) is 0 Å². The molecule has 37 heavy (non-hydrogen) atoms. The molecule has 0 aliphatic carbocycles. The number of unbranched alkanes of at least 4 members (excludes halogenated alkanes) is 1. The third-order valence-corrected chi connectivity index (χ3v) is 6.79. The first-order valence-electron chi connectivity index (χ1n) is 12.7. The molecule has 1 unspecified atom stereocenters. The molecular formula is C29H34N6O2. The second-order valence-corrected chi connectivity index (χ2v) is 9.32. The van der Waals surface area contributed by atoms with E-state index >= 15 is 0 Å². The van der Waals surface area contributed by atoms with Gasteiger partial charge in [-0.3, -0.25) is 10.2 Å². The van der Waals surface area contributed by atoms with E-state index in [-0.39, 0.29) is 28.9 Å². The first-order valence-corrected chi connectivity index (χ1v) is 12.7. The third-order valence-electron chi connectivity index (χ3n) is 6.79. The minimum absolute atomic E-state index is 0.0188. The Bertz CT molecular complexity index is 1490. The van der Waals surface area contributed by atoms with Gasteiger partial charge in [0, 0.05) is 17.3 Å². The Hall–Kier alpha value is -4.20. The lowest BCUT2D eigenvalue weighted by Crippen LogP contribution is -2.29. The summed E-state index contributed by atoms with van der Waals surface area (Å²) in [6.07, 6.45) is 5.22. The van der Waals surface area contributed by atoms with E-state index in [1.807, 2.05) is 29.7 Å². The number of hydrogen-bond donors (Lipinski definition) is 4. The van der Waals surface area contributed by atoms with Crippen molar-refractivity contribution in [3.63, 3.8) is 0 Å². The molecule has 2 aromatic heterocycles. The largest absolute Gasteiger partial charge is 0.508 e. The lowest BCUT2D eigenvalue weighted by Gasteiger charge is -2.24. The zero-order valence-electron chi connectivity index (χ0n) is 21.6. The molecule has 0 aliphatic heterocycles. The molecule has 4 aromatic rings. The van der Waals surface area contributed by atoms with Crippen molar-refractivity contribution < 1.29 is 5.11 Å². The van der Waals surface area contributed by atoms with Crippen LogP contribution in [0.2, 0.25) is 0 Å². The number of phenols is 1. The molecule has 8 nitrogen and oxygen atoms in total. The fraction of sp³-hybridized carbons (Fsp3) is 0.310. The highest BCUT2D eigenvalue weighted by Crippen LogP contribution is 2.26. The molecule has 0 amide bonds. The van der Waals surface area contributed by atoms with Gasteiger partial charge in [0.25, 0.3) is 5.56 Å². The monoisotopic (exact) mass is 498 g/mol. The van der Waals surface area contributed by atoms with E-state index in [0.717, 1.165) is 47.7 Å². The van der Waals surface area contributed by atoms with Crippen molar-refractivity contribution in [2.75, 3.05) is 11.1 Å². The van der Waals surface area contributed by atoms with Gasteiger partial charge in [0.05, 0.1) is 23.2 Å². The standard InChI is InChI=1S/C29H34N6O2/c1-4-6-12-21(5-2)35-22(14-19-10-7-9-18(3)24(19)29(35)37)16-32-28-25(27(31)33-17-34-28)26(30)20-11-8-13-23(36)15-20/h7-11,13-15,17,21,30,36H,4-6,12,16H2,1-3H3,(H3,31,32,33,34). The maximum absolute atomic E-state index is 13.8. The van der Waals surface area contributed by atoms with E-state index in [0.29, 0.717) is 23.5 Å². The average molecular weight is 499 g/mol. The van der Waals surface area contributed by atoms with Crippen molar-refractivity contribution in [3.05, 3.63) is 87.6 Å². The lowest BCUT2D eigenvalue weighted by atomic mass is 10.0. The molecule has 0 bridgehead atoms. The Kier molecular flexibility index (Phi) is 7.86. The van der Waals surface area contributed by atoms with Crippen LogP contribution >= 0.6 is 0 Å². The first kappa shape index (κ1) is 25.9. The molecule has 8 heteroatoms. The van der Waals surface area contributed by atoms with Crippen LogP contribution in [-0.4, -0.2) is 25.4 Å². The van der Waals surface area contributed by atoms with Crippen molar-refractivity contribution >= 4 is 28.1 Å². The normalized spacial score (nSPS) is 12.0. The summed E-state index contributed by atoms with van der Waals surface area (Å²) in [5.41, 5.74) is 8.95. The molecule has 0 aliphatic rings. The van der Waals surface area contributed by atoms with Gasteiger partial charge in [-0.25, -0.2) is 9.97 Å². The average Bonchev–Trinajstić information content (AvgIpc) is 2.88. The number of anilines is 2. The summed E-state index contributed by atoms with van der Waals surface area (Å²) < 4.78 is 1.93. The number of phenolic OH excluding ortho intramolecular Hbond substituents is 1. The maximum atomic E-state index is 13.8. The molecule has 192 valence electrons. The van der Waals surface area contributed by atoms with Crippen LogP contribution in [0.3, 0.4) is 0 Å². The molecule has 2 heterocycles. The highest BCUT2D eigenvalue weighted by atomic mass is 16.3. The minimum atomic E-state index is 0.0188. The topological polar surface area (TPSA) is 130 Å². The Morgan fingerprint density at radius 1 is 1.16 bits per heavy atom. The molecule has 0 fully saturated rings. The predicted molar refractivity (Wildman–Crippen MR) is 150 cm³/mol. The quantitative estimate of drug-likeness (QED) is 0.212. The number of aromatic hydroxyl groups is 1. The first-order chi connectivity index (χ1) is 17.8. The molecule has 0 saturated heterocycles. The maximum Gasteiger partial charge on any atom is 0.259 e. The third kappa shape index (κ3) is 5.33. The predicted octanol–water partition coefficient (Wildman–Crippen LogP) is 5.56. The van der Waals surface area contributed by atoms with Crippen molar-refractivity contribution in [2.24, 2.45) is 0 Å². The van der Waals surface area contributed by atoms with Crippen molar-refractivity contribution in [1.29, 1.82) is 5.41 Å². The molecular weight excluding hydrogens is 464 g/mol. The number of fused-ring (bicyclic) bond motifs is 1. The van der Waals surface area contributed by atoms with Crippen LogP contribution in [0.5, 0.6) is 5.75 Å². The molecule has 1 atom stereocenters. The van der Waals surface area contributed by atoms with Crippen LogP contribution in [-0.2, 0) is 6.54 Å². The SMILES string of the molecule is CCCCC(CC)n1c(CNc2ncnc(N)c2C(=N)c2cccc(O)c2)cc2cccc(C)c2c1=O. The summed E-state index contributed by atoms with van der Waals surface area (Å²) in [6, 6.07) is 14.5. The van der Waals surface area contributed by atoms with Gasteiger partial charge >= 0.3 is 0 Å². The minimum Gasteiger partial charge on any atom is -0.508 e. The molecule has 0 saturated carbocycles. The van der Waals surface area contributed by atoms with Gasteiger partial charge in [0.15, 0.2) is 0 Å². The van der Waals surface area contributed by atoms with Crippen molar-refractivity contribution in [3.8, 4) is 5.75 Å². The van der Waals surface area contributed by atoms with Crippen LogP contribution in [0, 0.1) is 12.3 Å². The highest BCUT2D eigenvalue weighted by Gasteiger charge is 2.20. The van der Waals surface area contributed by atoms with E-state index in [1.54, 1.807) is 18.2 Å². The fourth-order valence-corrected chi connectivity index (χ4v) is 4.85. The van der Waals surface area contributed by atoms with Gasteiger partial charge < -0.3 is 20.7 Å². The molecule has 2 aromatic carbocycles. The van der Waals surface area contributed by atoms with Crippen molar-refractivity contribution in [2.45, 2.75) is 59.0 Å². The summed E-state index contributed by atoms with van der Waals surface area (Å²) in [4.78, 5) is 22.3. The molecule has 0 spiro atoms. The molecule has 5 N–H and O–H groups in total. The Morgan fingerprint density at radius 3 is 2.68 bits per heavy atom. The van der Waals surface area contributed by atoms with Gasteiger partial charge in [-0.15, -0.1) is 0 Å². The summed E-state index contributed by atoms with van der Waals surface area (Å²) >= 11 is 0. The Morgan fingerprint density at radius 2 is 1.95 bits per heavy atom. The van der Waals surface area contributed by atoms with E-state index < -0.39 is 0 Å². The number of nitrogens with zero attached hydrogens (tertiary/aromatic N) is 3. The van der Waals surface area contributed by atoms with Gasteiger partial charge in [-0.05, 0) is 48.9 Å². The van der Waals surface area contributed by atoms with Crippen LogP contribution in [0.25, 0.3) is 10.8 Å². The number of benzene rings is 2. The smallest absolute Gasteiger partial charge is 0.259 e. The van der Waals surface area contributed by atoms with Crippen LogP contribution in [0.15, 0.2) is 59.7 Å². The number of nitrogens with one attached hydrogen (secondary N) is 2. The molecule has 4 rings (SSSR count). The number of nitrogens with two attached hydrogens (primary N) is 1. The second-order valence-electron chi connectivity index (χ2n) is 9.32. The van der Waals surface area contributed by atoms with E-state index in [2.05, 4.69) is 35.2 Å². The zero-order chi connectivity index (χ0) is 26.5. The number of aryl methyl sites for hydroxylation is 1. The zero-order valence-corrected chi connectivity index (χ0v) is 21.6. The summed E-state index contributed by atoms with van der Waals surface area (Å²) in [5.74, 6) is 0.609. The number of rotatable bonds is 10. The Labute approximate surface area is 216 Å². The van der Waals surface area contributed by atoms with Crippen LogP contribution < -0.4 is 16.6 Å². The number of pyridine rings is 1. The van der Waals surface area contributed by atoms with Gasteiger partial charge in [-0.1, -0.05) is 57.0 Å². The van der Waals surface area contributed by atoms with Crippen LogP contribution in [0.1, 0.15) is 68.0 Å². The summed E-state index contributed by atoms with van der Waals surface area (Å²) in [7, 11) is 0. The lowest BCUT2D eigenvalue weighted by molar-refractivity contribution is 0.417. The number of aromatic nitrogens is 3. The van der Waals surface area contributed by atoms with E-state index in [4.69, 9.17) is 11.1 Å². The highest BCUT2D eigenvalue weighted by molar-refractivity contribution is 6.16. The number of nitrogen functional groups attached to an aromatic ring is 1. The van der Waals surface area contributed by atoms with E-state index in [9.17, 15) is 9.90 Å². The molecule has 0 radical (unpaired) electrons. The Balaban J connectivity index is 1.77. The van der Waals surface area contributed by atoms with Gasteiger partial charge in [0.2, 0.25) is 0 Å². The van der Waals surface area contributed by atoms with Gasteiger partial charge in [0.1, 0.15) is 23.7 Å².